The van der Waals surface area contributed by atoms with Crippen molar-refractivity contribution in [2.75, 3.05) is 0 Å². The second-order valence-electron chi connectivity index (χ2n) is 3.41. The predicted molar refractivity (Wildman–Crippen MR) is 66.6 cm³/mol. The third-order valence-electron chi connectivity index (χ3n) is 2.25. The zero-order valence-electron chi connectivity index (χ0n) is 8.93. The molecule has 0 heterocycles. The van der Waals surface area contributed by atoms with E-state index in [1.54, 1.807) is 6.08 Å². The van der Waals surface area contributed by atoms with E-state index < -0.39 is 5.97 Å². The van der Waals surface area contributed by atoms with Gasteiger partial charge in [0.2, 0.25) is 0 Å². The largest absolute Gasteiger partial charge is 0.478 e. The highest BCUT2D eigenvalue weighted by Gasteiger charge is 2.16. The SMILES string of the molecule is CCC1C=CC=C(C(=O)O)C(NC(N)=S)=C1. The van der Waals surface area contributed by atoms with Crippen molar-refractivity contribution in [2.24, 2.45) is 11.7 Å². The molecule has 1 aliphatic rings. The van der Waals surface area contributed by atoms with Gasteiger partial charge in [-0.05, 0) is 30.6 Å². The first kappa shape index (κ1) is 12.4. The minimum Gasteiger partial charge on any atom is -0.478 e. The average molecular weight is 238 g/mol. The molecule has 5 heteroatoms. The highest BCUT2D eigenvalue weighted by molar-refractivity contribution is 7.80. The van der Waals surface area contributed by atoms with Gasteiger partial charge in [0.1, 0.15) is 0 Å². The summed E-state index contributed by atoms with van der Waals surface area (Å²) < 4.78 is 0. The molecular formula is C11H14N2O2S. The van der Waals surface area contributed by atoms with E-state index >= 15 is 0 Å². The first-order valence-electron chi connectivity index (χ1n) is 4.95. The van der Waals surface area contributed by atoms with E-state index in [1.165, 1.54) is 6.08 Å². The topological polar surface area (TPSA) is 75.3 Å². The third-order valence-corrected chi connectivity index (χ3v) is 2.35. The molecule has 1 rings (SSSR count). The van der Waals surface area contributed by atoms with Crippen LogP contribution in [0.1, 0.15) is 13.3 Å². The minimum absolute atomic E-state index is 0.0650. The molecule has 86 valence electrons. The quantitative estimate of drug-likeness (QED) is 0.646. The molecule has 0 radical (unpaired) electrons. The van der Waals surface area contributed by atoms with Gasteiger partial charge in [-0.3, -0.25) is 0 Å². The van der Waals surface area contributed by atoms with Crippen LogP contribution in [0.4, 0.5) is 0 Å². The van der Waals surface area contributed by atoms with Crippen LogP contribution in [0.3, 0.4) is 0 Å². The Morgan fingerprint density at radius 3 is 2.88 bits per heavy atom. The van der Waals surface area contributed by atoms with E-state index in [2.05, 4.69) is 5.32 Å². The number of nitrogens with two attached hydrogens (primary N) is 1. The number of hydrogen-bond acceptors (Lipinski definition) is 2. The lowest BCUT2D eigenvalue weighted by Gasteiger charge is -2.11. The fraction of sp³-hybridized carbons (Fsp3) is 0.273. The van der Waals surface area contributed by atoms with Crippen LogP contribution >= 0.6 is 12.2 Å². The number of carbonyl (C=O) groups is 1. The average Bonchev–Trinajstić information content (AvgIpc) is 2.39. The molecule has 1 unspecified atom stereocenters. The second kappa shape index (κ2) is 5.46. The van der Waals surface area contributed by atoms with Gasteiger partial charge in [0, 0.05) is 0 Å². The van der Waals surface area contributed by atoms with Gasteiger partial charge in [-0.25, -0.2) is 4.79 Å². The predicted octanol–water partition coefficient (Wildman–Crippen LogP) is 1.31. The molecule has 0 spiro atoms. The number of carboxylic acid groups (broad SMARTS) is 1. The van der Waals surface area contributed by atoms with Crippen LogP contribution < -0.4 is 11.1 Å². The van der Waals surface area contributed by atoms with Crippen LogP contribution in [0.15, 0.2) is 35.6 Å². The van der Waals surface area contributed by atoms with Crippen molar-refractivity contribution in [3.63, 3.8) is 0 Å². The minimum atomic E-state index is -1.00. The highest BCUT2D eigenvalue weighted by atomic mass is 32.1. The first-order valence-corrected chi connectivity index (χ1v) is 5.35. The van der Waals surface area contributed by atoms with Gasteiger partial charge < -0.3 is 16.2 Å². The van der Waals surface area contributed by atoms with Crippen LogP contribution in [0.25, 0.3) is 0 Å². The normalized spacial score (nSPS) is 19.4. The zero-order valence-corrected chi connectivity index (χ0v) is 9.75. The molecule has 4 nitrogen and oxygen atoms in total. The molecule has 0 fully saturated rings. The molecular weight excluding hydrogens is 224 g/mol. The van der Waals surface area contributed by atoms with Crippen molar-refractivity contribution < 1.29 is 9.90 Å². The van der Waals surface area contributed by atoms with Crippen molar-refractivity contribution in [3.05, 3.63) is 35.6 Å². The van der Waals surface area contributed by atoms with E-state index in [0.29, 0.717) is 5.70 Å². The van der Waals surface area contributed by atoms with E-state index in [9.17, 15) is 4.79 Å². The van der Waals surface area contributed by atoms with Crippen LogP contribution in [-0.2, 0) is 4.79 Å². The highest BCUT2D eigenvalue weighted by Crippen LogP contribution is 2.18. The molecule has 1 atom stereocenters. The maximum absolute atomic E-state index is 11.0. The van der Waals surface area contributed by atoms with Crippen molar-refractivity contribution in [3.8, 4) is 0 Å². The summed E-state index contributed by atoms with van der Waals surface area (Å²) >= 11 is 4.72. The number of allylic oxidation sites excluding steroid dienone is 4. The molecule has 0 amide bonds. The monoisotopic (exact) mass is 238 g/mol. The standard InChI is InChI=1S/C11H14N2O2S/c1-2-7-4-3-5-8(10(14)15)9(6-7)13-11(12)16/h3-7H,2H2,1H3,(H,14,15)(H3,12,13,16). The van der Waals surface area contributed by atoms with Gasteiger partial charge in [-0.1, -0.05) is 25.2 Å². The number of aliphatic carboxylic acids is 1. The van der Waals surface area contributed by atoms with Crippen molar-refractivity contribution in [1.82, 2.24) is 5.32 Å². The summed E-state index contributed by atoms with van der Waals surface area (Å²) in [4.78, 5) is 11.0. The summed E-state index contributed by atoms with van der Waals surface area (Å²) in [5.41, 5.74) is 5.98. The van der Waals surface area contributed by atoms with E-state index in [-0.39, 0.29) is 16.6 Å². The first-order chi connectivity index (χ1) is 7.54. The summed E-state index contributed by atoms with van der Waals surface area (Å²) in [6, 6.07) is 0. The van der Waals surface area contributed by atoms with Gasteiger partial charge >= 0.3 is 5.97 Å². The molecule has 0 aliphatic heterocycles. The molecule has 0 aromatic heterocycles. The fourth-order valence-corrected chi connectivity index (χ4v) is 1.54. The Labute approximate surface area is 99.5 Å². The number of thiocarbonyl (C=S) groups is 1. The van der Waals surface area contributed by atoms with E-state index in [1.807, 2.05) is 19.1 Å². The zero-order chi connectivity index (χ0) is 12.1. The number of nitrogens with one attached hydrogen (secondary N) is 1. The van der Waals surface area contributed by atoms with Gasteiger partial charge in [-0.15, -0.1) is 0 Å². The Bertz CT molecular complexity index is 397. The summed E-state index contributed by atoms with van der Waals surface area (Å²) in [6.45, 7) is 2.02. The Hall–Kier alpha value is -1.62. The van der Waals surface area contributed by atoms with Crippen molar-refractivity contribution in [2.45, 2.75) is 13.3 Å². The number of carboxylic acids is 1. The Morgan fingerprint density at radius 1 is 1.69 bits per heavy atom. The maximum atomic E-state index is 11.0. The number of rotatable bonds is 3. The molecule has 0 aromatic rings. The molecule has 0 bridgehead atoms. The summed E-state index contributed by atoms with van der Waals surface area (Å²) in [5.74, 6) is -0.818. The number of hydrogen-bond donors (Lipinski definition) is 3. The molecule has 0 saturated carbocycles. The smallest absolute Gasteiger partial charge is 0.337 e. The lowest BCUT2D eigenvalue weighted by atomic mass is 10.0. The van der Waals surface area contributed by atoms with Gasteiger partial charge in [0.25, 0.3) is 0 Å². The fourth-order valence-electron chi connectivity index (χ4n) is 1.43. The third kappa shape index (κ3) is 3.20. The second-order valence-corrected chi connectivity index (χ2v) is 3.85. The lowest BCUT2D eigenvalue weighted by Crippen LogP contribution is -2.30. The lowest BCUT2D eigenvalue weighted by molar-refractivity contribution is -0.132. The van der Waals surface area contributed by atoms with E-state index in [4.69, 9.17) is 23.1 Å². The molecule has 0 aromatic carbocycles. The van der Waals surface area contributed by atoms with Crippen molar-refractivity contribution >= 4 is 23.3 Å². The van der Waals surface area contributed by atoms with Gasteiger partial charge in [0.15, 0.2) is 5.11 Å². The van der Waals surface area contributed by atoms with Crippen LogP contribution in [0, 0.1) is 5.92 Å². The van der Waals surface area contributed by atoms with Crippen LogP contribution in [0.5, 0.6) is 0 Å². The van der Waals surface area contributed by atoms with Crippen LogP contribution in [-0.4, -0.2) is 16.2 Å². The van der Waals surface area contributed by atoms with Gasteiger partial charge in [0.05, 0.1) is 11.3 Å². The summed E-state index contributed by atoms with van der Waals surface area (Å²) in [5, 5.41) is 11.8. The summed E-state index contributed by atoms with van der Waals surface area (Å²) in [7, 11) is 0. The maximum Gasteiger partial charge on any atom is 0.337 e. The van der Waals surface area contributed by atoms with Crippen LogP contribution in [0.2, 0.25) is 0 Å². The Kier molecular flexibility index (Phi) is 4.25. The van der Waals surface area contributed by atoms with Gasteiger partial charge in [-0.2, -0.15) is 0 Å². The molecule has 1 aliphatic carbocycles. The van der Waals surface area contributed by atoms with Crippen molar-refractivity contribution in [1.29, 1.82) is 0 Å². The molecule has 16 heavy (non-hydrogen) atoms. The molecule has 0 saturated heterocycles. The Morgan fingerprint density at radius 2 is 2.38 bits per heavy atom. The Balaban J connectivity index is 3.06. The van der Waals surface area contributed by atoms with E-state index in [0.717, 1.165) is 6.42 Å². The summed E-state index contributed by atoms with van der Waals surface area (Å²) in [6.07, 6.45) is 7.93. The molecule has 4 N–H and O–H groups in total.